The van der Waals surface area contributed by atoms with Gasteiger partial charge in [0.05, 0.1) is 4.88 Å². The number of thiophene rings is 1. The van der Waals surface area contributed by atoms with E-state index in [0.29, 0.717) is 6.42 Å². The van der Waals surface area contributed by atoms with Gasteiger partial charge in [0.1, 0.15) is 0 Å². The molecule has 0 N–H and O–H groups in total. The lowest BCUT2D eigenvalue weighted by Crippen LogP contribution is -2.45. The largest absolute Gasteiger partial charge is 0.344 e. The number of pyridine rings is 1. The van der Waals surface area contributed by atoms with Gasteiger partial charge in [-0.1, -0.05) is 24.3 Å². The summed E-state index contributed by atoms with van der Waals surface area (Å²) in [5.74, 6) is 0.274. The lowest BCUT2D eigenvalue weighted by Gasteiger charge is -2.36. The first-order valence-electron chi connectivity index (χ1n) is 11.5. The number of carbonyl (C=O) groups excluding carboxylic acids is 2. The molecule has 32 heavy (non-hydrogen) atoms. The number of hydrogen-bond acceptors (Lipinski definition) is 4. The third-order valence-electron chi connectivity index (χ3n) is 6.24. The van der Waals surface area contributed by atoms with Crippen molar-refractivity contribution in [3.8, 4) is 0 Å². The molecule has 1 saturated heterocycles. The molecule has 0 bridgehead atoms. The highest BCUT2D eigenvalue weighted by Gasteiger charge is 2.29. The predicted octanol–water partition coefficient (Wildman–Crippen LogP) is 4.94. The fraction of sp³-hybridized carbons (Fsp3) is 0.423. The van der Waals surface area contributed by atoms with Crippen molar-refractivity contribution in [1.82, 2.24) is 14.8 Å². The number of hydrogen-bond donors (Lipinski definition) is 0. The number of piperidine rings is 1. The number of carbonyl (C=O) groups is 2. The van der Waals surface area contributed by atoms with Crippen LogP contribution >= 0.6 is 11.3 Å². The van der Waals surface area contributed by atoms with E-state index in [1.807, 2.05) is 30.3 Å². The highest BCUT2D eigenvalue weighted by Crippen LogP contribution is 2.35. The van der Waals surface area contributed by atoms with Gasteiger partial charge in [-0.25, -0.2) is 0 Å². The molecule has 2 amide bonds. The van der Waals surface area contributed by atoms with E-state index in [2.05, 4.69) is 22.0 Å². The van der Waals surface area contributed by atoms with Crippen LogP contribution in [0.3, 0.4) is 0 Å². The zero-order valence-corrected chi connectivity index (χ0v) is 19.7. The molecule has 1 atom stereocenters. The highest BCUT2D eigenvalue weighted by atomic mass is 32.1. The molecule has 3 aromatic rings. The Morgan fingerprint density at radius 2 is 1.94 bits per heavy atom. The van der Waals surface area contributed by atoms with Crippen molar-refractivity contribution in [3.05, 3.63) is 64.8 Å². The van der Waals surface area contributed by atoms with E-state index in [1.165, 1.54) is 0 Å². The van der Waals surface area contributed by atoms with Crippen LogP contribution in [0.5, 0.6) is 0 Å². The van der Waals surface area contributed by atoms with Crippen LogP contribution in [0.25, 0.3) is 10.1 Å². The lowest BCUT2D eigenvalue weighted by atomic mass is 9.93. The number of nitrogens with zero attached hydrogens (tertiary/aromatic N) is 3. The zero-order valence-electron chi connectivity index (χ0n) is 18.9. The van der Waals surface area contributed by atoms with Crippen LogP contribution in [0, 0.1) is 0 Å². The number of amides is 2. The SMILES string of the molecule is CN(C)C(=O)c1sc2ccccc2c1C[C@@H]1CCCCN1C(=O)CCCc1ccccn1. The quantitative estimate of drug-likeness (QED) is 0.513. The molecular formula is C26H31N3O2S. The molecule has 1 aromatic carbocycles. The molecule has 1 aliphatic rings. The third kappa shape index (κ3) is 5.01. The number of aromatic nitrogens is 1. The predicted molar refractivity (Wildman–Crippen MR) is 130 cm³/mol. The van der Waals surface area contributed by atoms with Gasteiger partial charge in [0.2, 0.25) is 5.91 Å². The minimum absolute atomic E-state index is 0.0465. The summed E-state index contributed by atoms with van der Waals surface area (Å²) in [6.45, 7) is 0.812. The Morgan fingerprint density at radius 3 is 2.72 bits per heavy atom. The maximum absolute atomic E-state index is 13.2. The smallest absolute Gasteiger partial charge is 0.263 e. The summed E-state index contributed by atoms with van der Waals surface area (Å²) in [5, 5.41) is 1.15. The maximum atomic E-state index is 13.2. The number of benzene rings is 1. The van der Waals surface area contributed by atoms with Crippen LogP contribution < -0.4 is 0 Å². The number of aryl methyl sites for hydroxylation is 1. The van der Waals surface area contributed by atoms with Crippen LogP contribution in [0.2, 0.25) is 0 Å². The van der Waals surface area contributed by atoms with Crippen LogP contribution in [0.4, 0.5) is 0 Å². The van der Waals surface area contributed by atoms with Crippen molar-refractivity contribution < 1.29 is 9.59 Å². The van der Waals surface area contributed by atoms with Gasteiger partial charge >= 0.3 is 0 Å². The molecule has 5 nitrogen and oxygen atoms in total. The van der Waals surface area contributed by atoms with Crippen LogP contribution in [-0.4, -0.2) is 53.3 Å². The molecule has 1 fully saturated rings. The van der Waals surface area contributed by atoms with Gasteiger partial charge in [0, 0.05) is 49.7 Å². The van der Waals surface area contributed by atoms with E-state index >= 15 is 0 Å². The van der Waals surface area contributed by atoms with E-state index in [0.717, 1.165) is 71.3 Å². The van der Waals surface area contributed by atoms with Crippen molar-refractivity contribution in [2.45, 2.75) is 51.0 Å². The van der Waals surface area contributed by atoms with Gasteiger partial charge in [-0.15, -0.1) is 11.3 Å². The summed E-state index contributed by atoms with van der Waals surface area (Å²) in [5.41, 5.74) is 2.13. The van der Waals surface area contributed by atoms with Crippen molar-refractivity contribution in [1.29, 1.82) is 0 Å². The molecule has 0 saturated carbocycles. The second-order valence-corrected chi connectivity index (χ2v) is 9.77. The van der Waals surface area contributed by atoms with Crippen molar-refractivity contribution in [2.24, 2.45) is 0 Å². The Hall–Kier alpha value is -2.73. The fourth-order valence-electron chi connectivity index (χ4n) is 4.56. The maximum Gasteiger partial charge on any atom is 0.263 e. The molecule has 4 rings (SSSR count). The third-order valence-corrected chi connectivity index (χ3v) is 7.44. The van der Waals surface area contributed by atoms with Gasteiger partial charge in [-0.2, -0.15) is 0 Å². The molecule has 3 heterocycles. The highest BCUT2D eigenvalue weighted by molar-refractivity contribution is 7.21. The summed E-state index contributed by atoms with van der Waals surface area (Å²) < 4.78 is 1.14. The normalized spacial score (nSPS) is 16.3. The molecule has 0 spiro atoms. The average Bonchev–Trinajstić information content (AvgIpc) is 3.18. The Morgan fingerprint density at radius 1 is 1.12 bits per heavy atom. The standard InChI is InChI=1S/C26H31N3O2S/c1-28(2)26(31)25-22(21-13-3-4-14-23(21)32-25)18-20-12-6-8-17-29(20)24(30)15-9-11-19-10-5-7-16-27-19/h3-5,7,10,13-14,16,20H,6,8-9,11-12,15,17-18H2,1-2H3/t20-/m0/s1. The number of fused-ring (bicyclic) bond motifs is 1. The summed E-state index contributed by atoms with van der Waals surface area (Å²) in [7, 11) is 3.60. The Bertz CT molecular complexity index is 1080. The van der Waals surface area contributed by atoms with Gasteiger partial charge in [-0.05, 0) is 67.7 Å². The van der Waals surface area contributed by atoms with Crippen molar-refractivity contribution in [3.63, 3.8) is 0 Å². The van der Waals surface area contributed by atoms with Gasteiger partial charge in [-0.3, -0.25) is 14.6 Å². The number of rotatable bonds is 7. The first-order valence-corrected chi connectivity index (χ1v) is 12.3. The van der Waals surface area contributed by atoms with Gasteiger partial charge in [0.25, 0.3) is 5.91 Å². The molecule has 0 aliphatic carbocycles. The first kappa shape index (κ1) is 22.5. The Labute approximate surface area is 194 Å². The van der Waals surface area contributed by atoms with Crippen LogP contribution in [0.1, 0.15) is 53.0 Å². The monoisotopic (exact) mass is 449 g/mol. The zero-order chi connectivity index (χ0) is 22.5. The fourth-order valence-corrected chi connectivity index (χ4v) is 5.82. The summed E-state index contributed by atoms with van der Waals surface area (Å²) in [4.78, 5) is 35.0. The molecule has 2 aromatic heterocycles. The summed E-state index contributed by atoms with van der Waals surface area (Å²) in [6, 6.07) is 14.3. The Kier molecular flexibility index (Phi) is 7.20. The van der Waals surface area contributed by atoms with E-state index in [9.17, 15) is 9.59 Å². The summed E-state index contributed by atoms with van der Waals surface area (Å²) >= 11 is 1.57. The molecule has 6 heteroatoms. The van der Waals surface area contributed by atoms with E-state index in [-0.39, 0.29) is 17.9 Å². The Balaban J connectivity index is 1.51. The van der Waals surface area contributed by atoms with Gasteiger partial charge < -0.3 is 9.80 Å². The van der Waals surface area contributed by atoms with E-state index < -0.39 is 0 Å². The molecular weight excluding hydrogens is 418 g/mol. The van der Waals surface area contributed by atoms with Crippen molar-refractivity contribution in [2.75, 3.05) is 20.6 Å². The van der Waals surface area contributed by atoms with E-state index in [4.69, 9.17) is 0 Å². The molecule has 0 unspecified atom stereocenters. The topological polar surface area (TPSA) is 53.5 Å². The summed E-state index contributed by atoms with van der Waals surface area (Å²) in [6.07, 6.45) is 7.89. The molecule has 168 valence electrons. The average molecular weight is 450 g/mol. The molecule has 0 radical (unpaired) electrons. The second-order valence-electron chi connectivity index (χ2n) is 8.72. The minimum atomic E-state index is 0.0465. The number of likely N-dealkylation sites (tertiary alicyclic amines) is 1. The van der Waals surface area contributed by atoms with Gasteiger partial charge in [0.15, 0.2) is 0 Å². The van der Waals surface area contributed by atoms with Crippen LogP contribution in [-0.2, 0) is 17.6 Å². The molecule has 1 aliphatic heterocycles. The minimum Gasteiger partial charge on any atom is -0.344 e. The van der Waals surface area contributed by atoms with E-state index in [1.54, 1.807) is 36.5 Å². The lowest BCUT2D eigenvalue weighted by molar-refractivity contribution is -0.134. The van der Waals surface area contributed by atoms with Crippen molar-refractivity contribution >= 4 is 33.2 Å². The van der Waals surface area contributed by atoms with Crippen LogP contribution in [0.15, 0.2) is 48.7 Å². The second kappa shape index (κ2) is 10.3. The first-order chi connectivity index (χ1) is 15.5.